The fraction of sp³-hybridized carbons (Fsp3) is 0.857. The average Bonchev–Trinajstić information content (AvgIpc) is 3.14. The molecule has 3 heteroatoms. The van der Waals surface area contributed by atoms with Crippen molar-refractivity contribution in [1.82, 2.24) is 0 Å². The summed E-state index contributed by atoms with van der Waals surface area (Å²) in [7, 11) is 0. The largest absolute Gasteiger partial charge is 0.373 e. The molecule has 3 rings (SSSR count). The lowest BCUT2D eigenvalue weighted by molar-refractivity contribution is -0.122. The van der Waals surface area contributed by atoms with Crippen molar-refractivity contribution in [2.24, 2.45) is 23.7 Å². The molecule has 1 aliphatic heterocycles. The van der Waals surface area contributed by atoms with Gasteiger partial charge in [-0.25, -0.2) is 0 Å². The third kappa shape index (κ3) is 1.59. The van der Waals surface area contributed by atoms with E-state index >= 15 is 0 Å². The lowest BCUT2D eigenvalue weighted by Gasteiger charge is -2.01. The number of carbonyl (C=O) groups excluding carboxylic acids is 2. The van der Waals surface area contributed by atoms with Crippen LogP contribution in [0.15, 0.2) is 0 Å². The first-order chi connectivity index (χ1) is 8.20. The zero-order chi connectivity index (χ0) is 12.2. The van der Waals surface area contributed by atoms with E-state index in [9.17, 15) is 9.59 Å². The van der Waals surface area contributed by atoms with Crippen molar-refractivity contribution in [3.8, 4) is 0 Å². The topological polar surface area (TPSA) is 43.4 Å². The Morgan fingerprint density at radius 1 is 0.882 bits per heavy atom. The van der Waals surface area contributed by atoms with Gasteiger partial charge < -0.3 is 4.74 Å². The molecular formula is C14H20O3. The monoisotopic (exact) mass is 236 g/mol. The Labute approximate surface area is 102 Å². The van der Waals surface area contributed by atoms with Crippen LogP contribution >= 0.6 is 0 Å². The average molecular weight is 236 g/mol. The van der Waals surface area contributed by atoms with Crippen molar-refractivity contribution in [2.75, 3.05) is 0 Å². The summed E-state index contributed by atoms with van der Waals surface area (Å²) in [6.45, 7) is 4.06. The molecule has 0 amide bonds. The summed E-state index contributed by atoms with van der Waals surface area (Å²) in [5, 5.41) is 0. The number of fused-ring (bicyclic) bond motifs is 3. The highest BCUT2D eigenvalue weighted by Gasteiger charge is 2.77. The highest BCUT2D eigenvalue weighted by Crippen LogP contribution is 2.68. The Balaban J connectivity index is 1.57. The Morgan fingerprint density at radius 3 is 1.65 bits per heavy atom. The first kappa shape index (κ1) is 11.4. The van der Waals surface area contributed by atoms with Crippen LogP contribution < -0.4 is 0 Å². The van der Waals surface area contributed by atoms with Crippen molar-refractivity contribution in [3.63, 3.8) is 0 Å². The highest BCUT2D eigenvalue weighted by atomic mass is 16.5. The lowest BCUT2D eigenvalue weighted by Crippen LogP contribution is -2.11. The molecule has 17 heavy (non-hydrogen) atoms. The molecule has 3 fully saturated rings. The second-order valence-corrected chi connectivity index (χ2v) is 5.70. The molecule has 3 nitrogen and oxygen atoms in total. The molecule has 0 unspecified atom stereocenters. The van der Waals surface area contributed by atoms with Crippen LogP contribution in [0.1, 0.15) is 39.5 Å². The molecule has 3 aliphatic rings. The molecule has 0 N–H and O–H groups in total. The molecule has 0 radical (unpaired) electrons. The molecule has 2 saturated carbocycles. The van der Waals surface area contributed by atoms with Crippen LogP contribution in [0, 0.1) is 23.7 Å². The predicted molar refractivity (Wildman–Crippen MR) is 62.5 cm³/mol. The van der Waals surface area contributed by atoms with E-state index in [4.69, 9.17) is 4.74 Å². The minimum absolute atomic E-state index is 0.135. The van der Waals surface area contributed by atoms with Gasteiger partial charge in [-0.1, -0.05) is 13.8 Å². The minimum Gasteiger partial charge on any atom is -0.373 e. The molecule has 0 bridgehead atoms. The number of rotatable bonds is 6. The summed E-state index contributed by atoms with van der Waals surface area (Å²) in [4.78, 5) is 23.6. The van der Waals surface area contributed by atoms with E-state index in [0.717, 1.165) is 12.8 Å². The summed E-state index contributed by atoms with van der Waals surface area (Å²) < 4.78 is 5.83. The second kappa shape index (κ2) is 3.91. The number of hydrogen-bond acceptors (Lipinski definition) is 3. The Kier molecular flexibility index (Phi) is 2.62. The lowest BCUT2D eigenvalue weighted by atomic mass is 10.1. The summed E-state index contributed by atoms with van der Waals surface area (Å²) in [5.41, 5.74) is 0. The molecular weight excluding hydrogens is 216 g/mol. The molecule has 1 heterocycles. The van der Waals surface area contributed by atoms with E-state index in [2.05, 4.69) is 0 Å². The van der Waals surface area contributed by atoms with Gasteiger partial charge in [0.25, 0.3) is 0 Å². The van der Waals surface area contributed by atoms with Crippen molar-refractivity contribution < 1.29 is 14.3 Å². The summed E-state index contributed by atoms with van der Waals surface area (Å²) in [5.74, 6) is 1.77. The van der Waals surface area contributed by atoms with Crippen LogP contribution in [0.25, 0.3) is 0 Å². The number of ketones is 2. The van der Waals surface area contributed by atoms with Gasteiger partial charge in [-0.2, -0.15) is 0 Å². The zero-order valence-corrected chi connectivity index (χ0v) is 10.5. The van der Waals surface area contributed by atoms with E-state index in [1.807, 2.05) is 13.8 Å². The Morgan fingerprint density at radius 2 is 1.29 bits per heavy atom. The predicted octanol–water partition coefficient (Wildman–Crippen LogP) is 1.98. The van der Waals surface area contributed by atoms with Gasteiger partial charge in [0.1, 0.15) is 11.6 Å². The quantitative estimate of drug-likeness (QED) is 0.708. The van der Waals surface area contributed by atoms with Crippen LogP contribution in [0.4, 0.5) is 0 Å². The fourth-order valence-electron chi connectivity index (χ4n) is 3.68. The SMILES string of the molecule is CCCC(=O)[C@@H]1[C@H]2O[C@@H]3[C@@H](C(=O)CCC)[C@@H]3[C@H]21. The van der Waals surface area contributed by atoms with E-state index in [1.54, 1.807) is 0 Å². The summed E-state index contributed by atoms with van der Waals surface area (Å²) in [6, 6.07) is 0. The minimum atomic E-state index is 0.135. The summed E-state index contributed by atoms with van der Waals surface area (Å²) in [6.07, 6.45) is 3.53. The first-order valence-electron chi connectivity index (χ1n) is 6.91. The fourth-order valence-corrected chi connectivity index (χ4v) is 3.68. The van der Waals surface area contributed by atoms with Crippen LogP contribution in [0.5, 0.6) is 0 Å². The maximum atomic E-state index is 11.8. The maximum Gasteiger partial charge on any atom is 0.138 e. The normalized spacial score (nSPS) is 45.1. The number of carbonyl (C=O) groups is 2. The van der Waals surface area contributed by atoms with Gasteiger partial charge in [0.15, 0.2) is 0 Å². The summed E-state index contributed by atoms with van der Waals surface area (Å²) >= 11 is 0. The molecule has 6 atom stereocenters. The smallest absolute Gasteiger partial charge is 0.138 e. The van der Waals surface area contributed by atoms with E-state index in [-0.39, 0.29) is 24.0 Å². The molecule has 0 spiro atoms. The van der Waals surface area contributed by atoms with Crippen molar-refractivity contribution >= 4 is 11.6 Å². The molecule has 0 aromatic carbocycles. The van der Waals surface area contributed by atoms with Gasteiger partial charge >= 0.3 is 0 Å². The van der Waals surface area contributed by atoms with Crippen LogP contribution in [0.3, 0.4) is 0 Å². The molecule has 94 valence electrons. The number of ether oxygens (including phenoxy) is 1. The van der Waals surface area contributed by atoms with Crippen LogP contribution in [0.2, 0.25) is 0 Å². The second-order valence-electron chi connectivity index (χ2n) is 5.70. The van der Waals surface area contributed by atoms with Gasteiger partial charge in [-0.15, -0.1) is 0 Å². The first-order valence-corrected chi connectivity index (χ1v) is 6.91. The zero-order valence-electron chi connectivity index (χ0n) is 10.5. The standard InChI is InChI=1S/C14H20O3/c1-3-5-7(15)9-11-12-10(8(16)6-4-2)14(12)17-13(9)11/h9-14H,3-6H2,1-2H3/t9-,10-,11+,12+,13+,14+/m0/s1. The van der Waals surface area contributed by atoms with E-state index < -0.39 is 0 Å². The van der Waals surface area contributed by atoms with Crippen LogP contribution in [-0.4, -0.2) is 23.8 Å². The van der Waals surface area contributed by atoms with E-state index in [0.29, 0.717) is 36.2 Å². The highest BCUT2D eigenvalue weighted by molar-refractivity contribution is 5.89. The van der Waals surface area contributed by atoms with Crippen LogP contribution in [-0.2, 0) is 14.3 Å². The van der Waals surface area contributed by atoms with Gasteiger partial charge in [0.05, 0.1) is 12.2 Å². The van der Waals surface area contributed by atoms with Gasteiger partial charge in [0, 0.05) is 36.5 Å². The van der Waals surface area contributed by atoms with Crippen molar-refractivity contribution in [1.29, 1.82) is 0 Å². The number of Topliss-reactive ketones (excluding diaryl/α,β-unsaturated/α-hetero) is 2. The van der Waals surface area contributed by atoms with Crippen molar-refractivity contribution in [2.45, 2.75) is 51.7 Å². The Hall–Kier alpha value is -0.700. The Bertz CT molecular complexity index is 328. The molecule has 2 aliphatic carbocycles. The molecule has 1 saturated heterocycles. The number of hydrogen-bond donors (Lipinski definition) is 0. The molecule has 0 aromatic heterocycles. The van der Waals surface area contributed by atoms with E-state index in [1.165, 1.54) is 0 Å². The molecule has 0 aromatic rings. The third-order valence-corrected chi connectivity index (χ3v) is 4.51. The van der Waals surface area contributed by atoms with Gasteiger partial charge in [-0.3, -0.25) is 9.59 Å². The van der Waals surface area contributed by atoms with Crippen molar-refractivity contribution in [3.05, 3.63) is 0 Å². The van der Waals surface area contributed by atoms with Gasteiger partial charge in [0.2, 0.25) is 0 Å². The maximum absolute atomic E-state index is 11.8. The van der Waals surface area contributed by atoms with Gasteiger partial charge in [-0.05, 0) is 12.8 Å². The third-order valence-electron chi connectivity index (χ3n) is 4.51.